The first-order chi connectivity index (χ1) is 20.0. The maximum absolute atomic E-state index is 13.7. The zero-order valence-electron chi connectivity index (χ0n) is 22.1. The zero-order valence-corrected chi connectivity index (χ0v) is 22.1. The molecule has 1 unspecified atom stereocenters. The first kappa shape index (κ1) is 24.5. The van der Waals surface area contributed by atoms with Gasteiger partial charge >= 0.3 is 5.63 Å². The molecule has 0 bridgehead atoms. The van der Waals surface area contributed by atoms with Crippen LogP contribution in [0.4, 0.5) is 0 Å². The summed E-state index contributed by atoms with van der Waals surface area (Å²) in [5, 5.41) is 15.6. The number of phenols is 1. The monoisotopic (exact) mass is 550 g/mol. The van der Waals surface area contributed by atoms with Crippen LogP contribution in [0.1, 0.15) is 22.6 Å². The Hall–Kier alpha value is -5.58. The van der Waals surface area contributed by atoms with Gasteiger partial charge in [0.25, 0.3) is 0 Å². The largest absolute Gasteiger partial charge is 0.504 e. The predicted octanol–water partition coefficient (Wildman–Crippen LogP) is 4.92. The molecular weight excluding hydrogens is 528 g/mol. The number of para-hydroxylation sites is 1. The predicted molar refractivity (Wildman–Crippen MR) is 147 cm³/mol. The molecule has 0 amide bonds. The van der Waals surface area contributed by atoms with Gasteiger partial charge in [-0.15, -0.1) is 5.10 Å². The van der Waals surface area contributed by atoms with Crippen LogP contribution < -0.4 is 24.6 Å². The smallest absolute Gasteiger partial charge is 0.344 e. The molecule has 0 saturated carbocycles. The van der Waals surface area contributed by atoms with E-state index in [1.54, 1.807) is 56.7 Å². The minimum atomic E-state index is -0.767. The average Bonchev–Trinajstić information content (AvgIpc) is 3.44. The molecule has 0 spiro atoms. The highest BCUT2D eigenvalue weighted by Gasteiger charge is 2.39. The number of aromatic hydroxyl groups is 1. The summed E-state index contributed by atoms with van der Waals surface area (Å²) in [4.78, 5) is 23.0. The van der Waals surface area contributed by atoms with E-state index in [0.717, 1.165) is 0 Å². The van der Waals surface area contributed by atoms with Crippen molar-refractivity contribution >= 4 is 16.6 Å². The molecule has 41 heavy (non-hydrogen) atoms. The first-order valence-electron chi connectivity index (χ1n) is 12.6. The Morgan fingerprint density at radius 2 is 1.73 bits per heavy atom. The van der Waals surface area contributed by atoms with E-state index in [1.807, 2.05) is 12.1 Å². The lowest BCUT2D eigenvalue weighted by atomic mass is 9.83. The Morgan fingerprint density at radius 1 is 0.927 bits per heavy atom. The fourth-order valence-electron chi connectivity index (χ4n) is 5.26. The normalized spacial score (nSPS) is 13.9. The molecule has 1 N–H and O–H groups in total. The Morgan fingerprint density at radius 3 is 2.51 bits per heavy atom. The number of hydrogen-bond acceptors (Lipinski definition) is 10. The van der Waals surface area contributed by atoms with Gasteiger partial charge in [-0.3, -0.25) is 0 Å². The van der Waals surface area contributed by atoms with Crippen molar-refractivity contribution in [3.8, 4) is 46.0 Å². The molecule has 1 atom stereocenters. The molecule has 1 aliphatic heterocycles. The van der Waals surface area contributed by atoms with Gasteiger partial charge in [0.05, 0.1) is 43.8 Å². The second-order valence-corrected chi connectivity index (χ2v) is 9.33. The lowest BCUT2D eigenvalue weighted by molar-refractivity contribution is 0.373. The molecule has 11 heteroatoms. The quantitative estimate of drug-likeness (QED) is 0.295. The molecule has 0 fully saturated rings. The molecule has 6 aromatic rings. The van der Waals surface area contributed by atoms with Gasteiger partial charge in [-0.25, -0.2) is 19.3 Å². The molecule has 3 aromatic carbocycles. The highest BCUT2D eigenvalue weighted by atomic mass is 16.5. The molecule has 204 valence electrons. The van der Waals surface area contributed by atoms with Crippen molar-refractivity contribution in [2.24, 2.45) is 0 Å². The van der Waals surface area contributed by atoms with E-state index in [4.69, 9.17) is 28.3 Å². The number of nitrogens with zero attached hydrogens (tertiary/aromatic N) is 4. The van der Waals surface area contributed by atoms with Crippen LogP contribution >= 0.6 is 0 Å². The zero-order chi connectivity index (χ0) is 28.2. The molecule has 11 nitrogen and oxygen atoms in total. The fourth-order valence-corrected chi connectivity index (χ4v) is 5.26. The molecule has 7 rings (SSSR count). The average molecular weight is 551 g/mol. The SMILES string of the molecule is COc1ccc(OC)c(C2c3c(c4ccccc4oc3=O)Oc3ncn4nc(-c5ccc(OC)c(O)c5)nc4c32)c1. The minimum Gasteiger partial charge on any atom is -0.504 e. The van der Waals surface area contributed by atoms with Crippen LogP contribution in [-0.4, -0.2) is 46.0 Å². The third-order valence-corrected chi connectivity index (χ3v) is 7.15. The summed E-state index contributed by atoms with van der Waals surface area (Å²) in [6.45, 7) is 0. The van der Waals surface area contributed by atoms with Gasteiger partial charge in [0, 0.05) is 11.1 Å². The van der Waals surface area contributed by atoms with Crippen LogP contribution in [0.2, 0.25) is 0 Å². The molecule has 0 aliphatic carbocycles. The van der Waals surface area contributed by atoms with Crippen molar-refractivity contribution in [2.45, 2.75) is 5.92 Å². The van der Waals surface area contributed by atoms with Gasteiger partial charge in [0.2, 0.25) is 5.88 Å². The highest BCUT2D eigenvalue weighted by molar-refractivity contribution is 5.87. The van der Waals surface area contributed by atoms with Gasteiger partial charge in [-0.1, -0.05) is 12.1 Å². The van der Waals surface area contributed by atoms with E-state index in [9.17, 15) is 9.90 Å². The van der Waals surface area contributed by atoms with Crippen LogP contribution in [0.3, 0.4) is 0 Å². The number of benzene rings is 3. The van der Waals surface area contributed by atoms with E-state index < -0.39 is 11.5 Å². The standard InChI is InChI=1S/C30H22N4O7/c1-37-16-9-11-20(38-2)18(13-16)23-24-26(17-6-4-5-7-21(17)40-30(24)36)41-29-25(23)28-32-27(33-34(28)14-31-29)15-8-10-22(39-3)19(35)12-15/h4-14,23,35H,1-3H3. The number of aromatic nitrogens is 4. The van der Waals surface area contributed by atoms with Crippen LogP contribution in [0.5, 0.6) is 34.6 Å². The third-order valence-electron chi connectivity index (χ3n) is 7.15. The van der Waals surface area contributed by atoms with Gasteiger partial charge < -0.3 is 28.5 Å². The highest BCUT2D eigenvalue weighted by Crippen LogP contribution is 2.51. The Balaban J connectivity index is 1.54. The summed E-state index contributed by atoms with van der Waals surface area (Å²) in [6.07, 6.45) is 1.49. The van der Waals surface area contributed by atoms with E-state index in [1.165, 1.54) is 24.0 Å². The number of hydrogen-bond donors (Lipinski definition) is 1. The summed E-state index contributed by atoms with van der Waals surface area (Å²) >= 11 is 0. The lowest BCUT2D eigenvalue weighted by Crippen LogP contribution is -2.22. The maximum Gasteiger partial charge on any atom is 0.344 e. The van der Waals surface area contributed by atoms with Crippen LogP contribution in [0.15, 0.2) is 76.2 Å². The van der Waals surface area contributed by atoms with Gasteiger partial charge in [0.1, 0.15) is 23.4 Å². The van der Waals surface area contributed by atoms with E-state index in [0.29, 0.717) is 62.1 Å². The van der Waals surface area contributed by atoms with Crippen molar-refractivity contribution in [2.75, 3.05) is 21.3 Å². The second kappa shape index (κ2) is 9.26. The Labute approximate surface area is 232 Å². The van der Waals surface area contributed by atoms with Gasteiger partial charge in [-0.05, 0) is 48.5 Å². The Kier molecular flexibility index (Phi) is 5.53. The van der Waals surface area contributed by atoms with Crippen molar-refractivity contribution in [1.29, 1.82) is 0 Å². The second-order valence-electron chi connectivity index (χ2n) is 9.33. The topological polar surface area (TPSA) is 130 Å². The van der Waals surface area contributed by atoms with Crippen LogP contribution in [0.25, 0.3) is 28.0 Å². The number of rotatable bonds is 5. The Bertz CT molecular complexity index is 2050. The summed E-state index contributed by atoms with van der Waals surface area (Å²) in [6, 6.07) is 17.4. The van der Waals surface area contributed by atoms with Crippen LogP contribution in [0, 0.1) is 0 Å². The van der Waals surface area contributed by atoms with Crippen molar-refractivity contribution in [3.63, 3.8) is 0 Å². The molecular formula is C30H22N4O7. The van der Waals surface area contributed by atoms with Crippen molar-refractivity contribution in [3.05, 3.63) is 94.1 Å². The fraction of sp³-hybridized carbons (Fsp3) is 0.133. The van der Waals surface area contributed by atoms with E-state index in [-0.39, 0.29) is 17.2 Å². The van der Waals surface area contributed by atoms with Gasteiger partial charge in [-0.2, -0.15) is 0 Å². The van der Waals surface area contributed by atoms with Crippen molar-refractivity contribution < 1.29 is 28.5 Å². The number of ether oxygens (including phenoxy) is 4. The van der Waals surface area contributed by atoms with E-state index in [2.05, 4.69) is 10.1 Å². The third kappa shape index (κ3) is 3.73. The minimum absolute atomic E-state index is 0.0512. The summed E-state index contributed by atoms with van der Waals surface area (Å²) in [7, 11) is 4.59. The van der Waals surface area contributed by atoms with Crippen LogP contribution in [-0.2, 0) is 0 Å². The number of methoxy groups -OCH3 is 3. The molecule has 0 radical (unpaired) electrons. The molecule has 4 heterocycles. The summed E-state index contributed by atoms with van der Waals surface area (Å²) in [5.41, 5.74) is 2.16. The van der Waals surface area contributed by atoms with Gasteiger partial charge in [0.15, 0.2) is 28.7 Å². The number of fused-ring (bicyclic) bond motifs is 6. The molecule has 0 saturated heterocycles. The lowest BCUT2D eigenvalue weighted by Gasteiger charge is -2.28. The summed E-state index contributed by atoms with van der Waals surface area (Å²) in [5.74, 6) is 1.52. The number of phenolic OH excluding ortho intramolecular Hbond substituents is 1. The first-order valence-corrected chi connectivity index (χ1v) is 12.6. The van der Waals surface area contributed by atoms with E-state index >= 15 is 0 Å². The molecule has 3 aromatic heterocycles. The molecule has 1 aliphatic rings. The van der Waals surface area contributed by atoms with Crippen molar-refractivity contribution in [1.82, 2.24) is 19.6 Å². The maximum atomic E-state index is 13.7. The summed E-state index contributed by atoms with van der Waals surface area (Å²) < 4.78 is 30.1.